The molecule has 1 fully saturated rings. The molecule has 31 heavy (non-hydrogen) atoms. The number of amides is 1. The molecule has 0 radical (unpaired) electrons. The number of hydrogen-bond donors (Lipinski definition) is 1. The Morgan fingerprint density at radius 3 is 2.65 bits per heavy atom. The first-order chi connectivity index (χ1) is 15.0. The summed E-state index contributed by atoms with van der Waals surface area (Å²) in [7, 11) is 0. The Morgan fingerprint density at radius 2 is 1.90 bits per heavy atom. The van der Waals surface area contributed by atoms with E-state index in [9.17, 15) is 14.0 Å². The van der Waals surface area contributed by atoms with Crippen LogP contribution in [0.25, 0.3) is 0 Å². The largest absolute Gasteiger partial charge is 0.381 e. The van der Waals surface area contributed by atoms with Crippen LogP contribution in [0.2, 0.25) is 0 Å². The fourth-order valence-corrected chi connectivity index (χ4v) is 5.03. The third kappa shape index (κ3) is 5.34. The predicted molar refractivity (Wildman–Crippen MR) is 120 cm³/mol. The summed E-state index contributed by atoms with van der Waals surface area (Å²) >= 11 is 1.52. The number of ether oxygens (including phenoxy) is 1. The van der Waals surface area contributed by atoms with Gasteiger partial charge in [-0.1, -0.05) is 18.2 Å². The average Bonchev–Trinajstić information content (AvgIpc) is 2.91. The number of nitrogens with zero attached hydrogens (tertiary/aromatic N) is 1. The smallest absolute Gasteiger partial charge is 0.245 e. The number of Topliss-reactive ketones (excluding diaryl/α,β-unsaturated/α-hetero) is 1. The predicted octanol–water partition coefficient (Wildman–Crippen LogP) is 4.18. The molecule has 0 unspecified atom stereocenters. The van der Waals surface area contributed by atoms with Crippen molar-refractivity contribution in [3.05, 3.63) is 59.4 Å². The molecule has 2 aromatic rings. The van der Waals surface area contributed by atoms with Crippen LogP contribution in [-0.4, -0.2) is 36.7 Å². The summed E-state index contributed by atoms with van der Waals surface area (Å²) in [5, 5.41) is 0. The minimum Gasteiger partial charge on any atom is -0.381 e. The minimum absolute atomic E-state index is 0.0852. The van der Waals surface area contributed by atoms with E-state index in [-0.39, 0.29) is 24.1 Å². The third-order valence-corrected chi connectivity index (χ3v) is 7.13. The van der Waals surface area contributed by atoms with Gasteiger partial charge in [0.05, 0.1) is 18.3 Å². The summed E-state index contributed by atoms with van der Waals surface area (Å²) in [6, 6.07) is 11.0. The highest BCUT2D eigenvalue weighted by molar-refractivity contribution is 7.99. The van der Waals surface area contributed by atoms with Crippen LogP contribution >= 0.6 is 11.8 Å². The zero-order valence-electron chi connectivity index (χ0n) is 17.4. The van der Waals surface area contributed by atoms with Crippen molar-refractivity contribution in [1.29, 1.82) is 0 Å². The van der Waals surface area contributed by atoms with Crippen LogP contribution in [0.3, 0.4) is 0 Å². The quantitative estimate of drug-likeness (QED) is 0.680. The summed E-state index contributed by atoms with van der Waals surface area (Å²) < 4.78 is 18.7. The Bertz CT molecular complexity index is 944. The standard InChI is InChI=1S/C24H27FN2O3S/c25-19-5-1-17(2-6-19)14-27-21-13-18(4-8-23(21)31-15-20(26)24(27)29)22(28)7-3-16-9-11-30-12-10-16/h1-2,4-6,8,13,16,20H,3,7,9-12,14-15,26H2/t20-/m0/s1. The van der Waals surface area contributed by atoms with Crippen LogP contribution in [0.5, 0.6) is 0 Å². The van der Waals surface area contributed by atoms with Crippen molar-refractivity contribution >= 4 is 29.1 Å². The first-order valence-electron chi connectivity index (χ1n) is 10.7. The molecule has 5 nitrogen and oxygen atoms in total. The fraction of sp³-hybridized carbons (Fsp3) is 0.417. The molecule has 0 bridgehead atoms. The lowest BCUT2D eigenvalue weighted by molar-refractivity contribution is -0.119. The van der Waals surface area contributed by atoms with E-state index < -0.39 is 6.04 Å². The number of hydrogen-bond acceptors (Lipinski definition) is 5. The second kappa shape index (κ2) is 9.94. The van der Waals surface area contributed by atoms with Crippen molar-refractivity contribution in [2.24, 2.45) is 11.7 Å². The van der Waals surface area contributed by atoms with Crippen molar-refractivity contribution in [3.63, 3.8) is 0 Å². The number of anilines is 1. The van der Waals surface area contributed by atoms with Crippen molar-refractivity contribution < 1.29 is 18.7 Å². The molecule has 164 valence electrons. The molecule has 0 spiro atoms. The van der Waals surface area contributed by atoms with Crippen molar-refractivity contribution in [2.45, 2.75) is 43.2 Å². The van der Waals surface area contributed by atoms with Gasteiger partial charge in [0.15, 0.2) is 5.78 Å². The second-order valence-electron chi connectivity index (χ2n) is 8.17. The zero-order chi connectivity index (χ0) is 21.8. The van der Waals surface area contributed by atoms with Crippen molar-refractivity contribution in [3.8, 4) is 0 Å². The topological polar surface area (TPSA) is 72.6 Å². The lowest BCUT2D eigenvalue weighted by Crippen LogP contribution is -2.44. The highest BCUT2D eigenvalue weighted by Gasteiger charge is 2.29. The summed E-state index contributed by atoms with van der Waals surface area (Å²) in [6.45, 7) is 1.82. The number of thioether (sulfide) groups is 1. The van der Waals surface area contributed by atoms with E-state index in [0.29, 0.717) is 29.3 Å². The van der Waals surface area contributed by atoms with E-state index in [1.807, 2.05) is 18.2 Å². The lowest BCUT2D eigenvalue weighted by Gasteiger charge is -2.25. The molecule has 1 saturated heterocycles. The Labute approximate surface area is 186 Å². The maximum atomic E-state index is 13.3. The zero-order valence-corrected chi connectivity index (χ0v) is 18.2. The molecule has 0 aliphatic carbocycles. The SMILES string of the molecule is N[C@H]1CSc2ccc(C(=O)CCC3CCOCC3)cc2N(Cc2ccc(F)cc2)C1=O. The van der Waals surface area contributed by atoms with Gasteiger partial charge in [0.25, 0.3) is 0 Å². The number of nitrogens with two attached hydrogens (primary N) is 1. The number of fused-ring (bicyclic) bond motifs is 1. The van der Waals surface area contributed by atoms with Gasteiger partial charge in [-0.25, -0.2) is 4.39 Å². The fourth-order valence-electron chi connectivity index (χ4n) is 4.04. The molecule has 1 amide bonds. The molecular weight excluding hydrogens is 415 g/mol. The van der Waals surface area contributed by atoms with Crippen LogP contribution < -0.4 is 10.6 Å². The number of benzene rings is 2. The maximum Gasteiger partial charge on any atom is 0.245 e. The highest BCUT2D eigenvalue weighted by atomic mass is 32.2. The second-order valence-corrected chi connectivity index (χ2v) is 9.23. The number of carbonyl (C=O) groups is 2. The molecule has 2 heterocycles. The van der Waals surface area contributed by atoms with Crippen molar-refractivity contribution in [1.82, 2.24) is 0 Å². The molecule has 2 aliphatic heterocycles. The lowest BCUT2D eigenvalue weighted by atomic mass is 9.92. The number of carbonyl (C=O) groups excluding carboxylic acids is 2. The monoisotopic (exact) mass is 442 g/mol. The van der Waals surface area contributed by atoms with Crippen LogP contribution in [0, 0.1) is 11.7 Å². The normalized spacial score (nSPS) is 19.7. The van der Waals surface area contributed by atoms with Gasteiger partial charge in [0.2, 0.25) is 5.91 Å². The van der Waals surface area contributed by atoms with Crippen LogP contribution in [-0.2, 0) is 16.1 Å². The van der Waals surface area contributed by atoms with E-state index in [2.05, 4.69) is 0 Å². The molecule has 2 aliphatic rings. The van der Waals surface area contributed by atoms with Gasteiger partial charge >= 0.3 is 0 Å². The van der Waals surface area contributed by atoms with Gasteiger partial charge in [-0.3, -0.25) is 9.59 Å². The van der Waals surface area contributed by atoms with E-state index in [0.717, 1.165) is 42.9 Å². The van der Waals surface area contributed by atoms with Gasteiger partial charge in [-0.15, -0.1) is 11.8 Å². The van der Waals surface area contributed by atoms with E-state index in [1.165, 1.54) is 23.9 Å². The highest BCUT2D eigenvalue weighted by Crippen LogP contribution is 2.36. The third-order valence-electron chi connectivity index (χ3n) is 5.95. The summed E-state index contributed by atoms with van der Waals surface area (Å²) in [5.41, 5.74) is 8.21. The first kappa shape index (κ1) is 22.0. The van der Waals surface area contributed by atoms with E-state index >= 15 is 0 Å². The Hall–Kier alpha value is -2.22. The summed E-state index contributed by atoms with van der Waals surface area (Å²) in [6.07, 6.45) is 3.36. The van der Waals surface area contributed by atoms with Gasteiger partial charge in [0, 0.05) is 35.8 Å². The molecular formula is C24H27FN2O3S. The molecule has 2 aromatic carbocycles. The molecule has 2 N–H and O–H groups in total. The average molecular weight is 443 g/mol. The van der Waals surface area contributed by atoms with Crippen molar-refractivity contribution in [2.75, 3.05) is 23.9 Å². The number of halogens is 1. The molecule has 7 heteroatoms. The summed E-state index contributed by atoms with van der Waals surface area (Å²) in [4.78, 5) is 28.5. The van der Waals surface area contributed by atoms with E-state index in [1.54, 1.807) is 17.0 Å². The first-order valence-corrected chi connectivity index (χ1v) is 11.7. The molecule has 0 aromatic heterocycles. The summed E-state index contributed by atoms with van der Waals surface area (Å²) in [5.74, 6) is 0.576. The van der Waals surface area contributed by atoms with Gasteiger partial charge in [-0.05, 0) is 55.0 Å². The van der Waals surface area contributed by atoms with E-state index in [4.69, 9.17) is 10.5 Å². The molecule has 1 atom stereocenters. The maximum absolute atomic E-state index is 13.3. The van der Waals surface area contributed by atoms with Crippen LogP contribution in [0.1, 0.15) is 41.6 Å². The number of ketones is 1. The minimum atomic E-state index is -0.634. The number of rotatable bonds is 6. The Kier molecular flexibility index (Phi) is 7.05. The van der Waals surface area contributed by atoms with Gasteiger partial charge < -0.3 is 15.4 Å². The molecule has 4 rings (SSSR count). The Balaban J connectivity index is 1.56. The van der Waals surface area contributed by atoms with Crippen LogP contribution in [0.4, 0.5) is 10.1 Å². The van der Waals surface area contributed by atoms with Gasteiger partial charge in [0.1, 0.15) is 5.82 Å². The molecule has 0 saturated carbocycles. The van der Waals surface area contributed by atoms with Crippen LogP contribution in [0.15, 0.2) is 47.4 Å². The Morgan fingerprint density at radius 1 is 1.16 bits per heavy atom. The van der Waals surface area contributed by atoms with Gasteiger partial charge in [-0.2, -0.15) is 0 Å².